The lowest BCUT2D eigenvalue weighted by molar-refractivity contribution is -0.160. The molecule has 40 heavy (non-hydrogen) atoms. The average molecular weight is 585 g/mol. The summed E-state index contributed by atoms with van der Waals surface area (Å²) in [4.78, 5) is 13.0. The molecule has 0 aliphatic carbocycles. The van der Waals surface area contributed by atoms with Gasteiger partial charge in [0, 0.05) is 26.7 Å². The van der Waals surface area contributed by atoms with Crippen molar-refractivity contribution >= 4 is 16.0 Å². The Balaban J connectivity index is 2.09. The van der Waals surface area contributed by atoms with Gasteiger partial charge in [-0.25, -0.2) is 30.4 Å². The van der Waals surface area contributed by atoms with E-state index in [1.54, 1.807) is 41.3 Å². The Bertz CT molecular complexity index is 1380. The zero-order valence-corrected chi connectivity index (χ0v) is 23.1. The number of ether oxygens (including phenoxy) is 1. The van der Waals surface area contributed by atoms with Gasteiger partial charge in [-0.3, -0.25) is 9.69 Å². The number of hydrogen-bond acceptors (Lipinski definition) is 5. The van der Waals surface area contributed by atoms with Crippen molar-refractivity contribution in [3.8, 4) is 0 Å². The van der Waals surface area contributed by atoms with Crippen LogP contribution in [0, 0.1) is 29.1 Å². The van der Waals surface area contributed by atoms with Crippen molar-refractivity contribution in [2.24, 2.45) is 0 Å². The molecular weight excluding hydrogens is 555 g/mol. The third kappa shape index (κ3) is 7.23. The summed E-state index contributed by atoms with van der Waals surface area (Å²) in [6.07, 6.45) is 0. The number of nitrogens with zero attached hydrogens (tertiary/aromatic N) is 2. The molecule has 0 fully saturated rings. The van der Waals surface area contributed by atoms with Gasteiger partial charge in [-0.05, 0) is 31.9 Å². The van der Waals surface area contributed by atoms with Gasteiger partial charge in [0.1, 0.15) is 11.6 Å². The van der Waals surface area contributed by atoms with Crippen LogP contribution in [0.3, 0.4) is 0 Å². The van der Waals surface area contributed by atoms with Crippen LogP contribution in [0.2, 0.25) is 0 Å². The smallest absolute Gasteiger partial charge is 0.326 e. The Labute approximate surface area is 230 Å². The lowest BCUT2D eigenvalue weighted by Crippen LogP contribution is -2.51. The van der Waals surface area contributed by atoms with Crippen molar-refractivity contribution in [3.05, 3.63) is 101 Å². The van der Waals surface area contributed by atoms with Crippen LogP contribution in [0.4, 0.5) is 22.0 Å². The molecule has 0 N–H and O–H groups in total. The van der Waals surface area contributed by atoms with Crippen molar-refractivity contribution in [1.82, 2.24) is 9.21 Å². The summed E-state index contributed by atoms with van der Waals surface area (Å²) in [6, 6.07) is 16.3. The summed E-state index contributed by atoms with van der Waals surface area (Å²) in [5.41, 5.74) is 0.534. The minimum atomic E-state index is -5.44. The van der Waals surface area contributed by atoms with Gasteiger partial charge in [0.05, 0.1) is 0 Å². The molecular formula is C28H29F5N2O4S. The highest BCUT2D eigenvalue weighted by Gasteiger charge is 2.42. The molecule has 0 unspecified atom stereocenters. The summed E-state index contributed by atoms with van der Waals surface area (Å²) in [5.74, 6) is -13.5. The molecule has 0 radical (unpaired) electrons. The minimum Gasteiger partial charge on any atom is -0.459 e. The average Bonchev–Trinajstić information content (AvgIpc) is 2.89. The van der Waals surface area contributed by atoms with Gasteiger partial charge in [0.2, 0.25) is 15.8 Å². The highest BCUT2D eigenvalue weighted by atomic mass is 32.2. The second-order valence-corrected chi connectivity index (χ2v) is 12.0. The lowest BCUT2D eigenvalue weighted by atomic mass is 10.1. The zero-order valence-electron chi connectivity index (χ0n) is 22.3. The molecule has 12 heteroatoms. The molecule has 216 valence electrons. The summed E-state index contributed by atoms with van der Waals surface area (Å²) in [5, 5.41) is 0. The van der Waals surface area contributed by atoms with Crippen LogP contribution in [0.25, 0.3) is 0 Å². The number of likely N-dealkylation sites (N-methyl/N-ethyl adjacent to an activating group) is 1. The molecule has 6 nitrogen and oxygen atoms in total. The van der Waals surface area contributed by atoms with Crippen molar-refractivity contribution in [2.75, 3.05) is 13.6 Å². The molecule has 0 saturated carbocycles. The fourth-order valence-corrected chi connectivity index (χ4v) is 5.35. The summed E-state index contributed by atoms with van der Waals surface area (Å²) in [7, 11) is -4.62. The molecule has 0 aliphatic heterocycles. The first-order valence-corrected chi connectivity index (χ1v) is 13.6. The van der Waals surface area contributed by atoms with Gasteiger partial charge in [-0.2, -0.15) is 4.31 Å². The first-order valence-electron chi connectivity index (χ1n) is 12.2. The van der Waals surface area contributed by atoms with E-state index in [0.717, 1.165) is 18.2 Å². The van der Waals surface area contributed by atoms with Gasteiger partial charge in [-0.15, -0.1) is 0 Å². The predicted octanol–water partition coefficient (Wildman–Crippen LogP) is 5.42. The van der Waals surface area contributed by atoms with Crippen molar-refractivity contribution in [2.45, 2.75) is 50.4 Å². The largest absolute Gasteiger partial charge is 0.459 e. The Morgan fingerprint density at radius 3 is 1.57 bits per heavy atom. The van der Waals surface area contributed by atoms with Gasteiger partial charge in [0.15, 0.2) is 28.2 Å². The second kappa shape index (κ2) is 12.4. The topological polar surface area (TPSA) is 66.9 Å². The maximum atomic E-state index is 14.6. The molecule has 0 spiro atoms. The number of benzene rings is 3. The van der Waals surface area contributed by atoms with Gasteiger partial charge in [-0.1, -0.05) is 60.7 Å². The molecule has 1 atom stereocenters. The molecule has 0 aliphatic rings. The Kier molecular flexibility index (Phi) is 9.70. The predicted molar refractivity (Wildman–Crippen MR) is 138 cm³/mol. The van der Waals surface area contributed by atoms with Crippen LogP contribution in [0.15, 0.2) is 65.6 Å². The number of esters is 1. The van der Waals surface area contributed by atoms with Crippen LogP contribution >= 0.6 is 0 Å². The summed E-state index contributed by atoms with van der Waals surface area (Å²) < 4.78 is 103. The highest BCUT2D eigenvalue weighted by Crippen LogP contribution is 2.30. The highest BCUT2D eigenvalue weighted by molar-refractivity contribution is 7.89. The minimum absolute atomic E-state index is 0.228. The third-order valence-electron chi connectivity index (χ3n) is 5.85. The van der Waals surface area contributed by atoms with Gasteiger partial charge in [0.25, 0.3) is 0 Å². The molecule has 0 aromatic heterocycles. The van der Waals surface area contributed by atoms with Crippen LogP contribution in [0.5, 0.6) is 0 Å². The lowest BCUT2D eigenvalue weighted by Gasteiger charge is -2.33. The molecule has 3 aromatic carbocycles. The number of halogens is 5. The van der Waals surface area contributed by atoms with E-state index in [1.807, 2.05) is 24.3 Å². The summed E-state index contributed by atoms with van der Waals surface area (Å²) >= 11 is 0. The quantitative estimate of drug-likeness (QED) is 0.138. The fourth-order valence-electron chi connectivity index (χ4n) is 3.94. The summed E-state index contributed by atoms with van der Waals surface area (Å²) in [6.45, 7) is 4.71. The Morgan fingerprint density at radius 2 is 1.18 bits per heavy atom. The van der Waals surface area contributed by atoms with E-state index >= 15 is 0 Å². The molecule has 0 amide bonds. The maximum Gasteiger partial charge on any atom is 0.326 e. The van der Waals surface area contributed by atoms with Crippen molar-refractivity contribution in [1.29, 1.82) is 0 Å². The molecule has 0 saturated heterocycles. The normalized spacial score (nSPS) is 13.1. The van der Waals surface area contributed by atoms with Crippen LogP contribution in [0.1, 0.15) is 31.9 Å². The van der Waals surface area contributed by atoms with Gasteiger partial charge < -0.3 is 4.74 Å². The fraction of sp³-hybridized carbons (Fsp3) is 0.321. The third-order valence-corrected chi connectivity index (χ3v) is 7.74. The molecule has 3 rings (SSSR count). The number of carbonyl (C=O) groups excluding carboxylic acids is 1. The molecule has 0 bridgehead atoms. The van der Waals surface area contributed by atoms with Gasteiger partial charge >= 0.3 is 5.97 Å². The standard InChI is InChI=1S/C28H29F5N2O4S/c1-28(2,3)39-27(36)20(34(4)40(37,38)26-24(32)22(30)21(29)23(31)25(26)33)17-35(15-18-11-7-5-8-12-18)16-19-13-9-6-10-14-19/h5-14,20H,15-17H2,1-4H3/t20-/m0/s1. The first kappa shape index (κ1) is 31.2. The van der Waals surface area contributed by atoms with E-state index in [0.29, 0.717) is 0 Å². The van der Waals surface area contributed by atoms with Crippen molar-refractivity contribution in [3.63, 3.8) is 0 Å². The number of sulfonamides is 1. The van der Waals surface area contributed by atoms with Crippen LogP contribution < -0.4 is 0 Å². The Morgan fingerprint density at radius 1 is 0.775 bits per heavy atom. The second-order valence-electron chi connectivity index (χ2n) is 10.1. The number of carbonyl (C=O) groups is 1. The SMILES string of the molecule is CN([C@@H](CN(Cc1ccccc1)Cc1ccccc1)C(=O)OC(C)(C)C)S(=O)(=O)c1c(F)c(F)c(F)c(F)c1F. The van der Waals surface area contributed by atoms with Crippen LogP contribution in [-0.2, 0) is 32.6 Å². The maximum absolute atomic E-state index is 14.6. The number of hydrogen-bond donors (Lipinski definition) is 0. The Hall–Kier alpha value is -3.35. The molecule has 3 aromatic rings. The first-order chi connectivity index (χ1) is 18.6. The van der Waals surface area contributed by atoms with Crippen LogP contribution in [-0.4, -0.2) is 48.8 Å². The van der Waals surface area contributed by atoms with Crippen molar-refractivity contribution < 1.29 is 39.9 Å². The monoisotopic (exact) mass is 584 g/mol. The van der Waals surface area contributed by atoms with E-state index in [9.17, 15) is 35.2 Å². The van der Waals surface area contributed by atoms with E-state index in [4.69, 9.17) is 4.74 Å². The van der Waals surface area contributed by atoms with E-state index < -0.39 is 61.6 Å². The van der Waals surface area contributed by atoms with E-state index in [-0.39, 0.29) is 23.9 Å². The van der Waals surface area contributed by atoms with E-state index in [2.05, 4.69) is 0 Å². The molecule has 0 heterocycles. The zero-order chi connectivity index (χ0) is 29.8. The number of rotatable bonds is 10. The van der Waals surface area contributed by atoms with E-state index in [1.165, 1.54) is 20.8 Å².